The van der Waals surface area contributed by atoms with Gasteiger partial charge in [0.2, 0.25) is 5.91 Å². The monoisotopic (exact) mass is 254 g/mol. The summed E-state index contributed by atoms with van der Waals surface area (Å²) in [7, 11) is 0. The number of nitrogens with one attached hydrogen (secondary N) is 2. The Morgan fingerprint density at radius 1 is 1.22 bits per heavy atom. The van der Waals surface area contributed by atoms with Crippen LogP contribution in [0.1, 0.15) is 46.0 Å². The van der Waals surface area contributed by atoms with E-state index in [1.807, 2.05) is 6.92 Å². The second-order valence-electron chi connectivity index (χ2n) is 5.79. The summed E-state index contributed by atoms with van der Waals surface area (Å²) in [4.78, 5) is 12.0. The third kappa shape index (κ3) is 3.69. The molecule has 0 bridgehead atoms. The third-order valence-corrected chi connectivity index (χ3v) is 4.28. The molecule has 2 rings (SSSR count). The van der Waals surface area contributed by atoms with Crippen LogP contribution in [-0.2, 0) is 9.53 Å². The van der Waals surface area contributed by atoms with Crippen LogP contribution in [0.3, 0.4) is 0 Å². The summed E-state index contributed by atoms with van der Waals surface area (Å²) in [6.45, 7) is 5.79. The highest BCUT2D eigenvalue weighted by molar-refractivity contribution is 5.81. The lowest BCUT2D eigenvalue weighted by Crippen LogP contribution is -2.50. The molecule has 3 atom stereocenters. The molecule has 1 heterocycles. The van der Waals surface area contributed by atoms with Gasteiger partial charge in [0, 0.05) is 18.7 Å². The second-order valence-corrected chi connectivity index (χ2v) is 5.79. The quantitative estimate of drug-likeness (QED) is 0.780. The van der Waals surface area contributed by atoms with E-state index in [-0.39, 0.29) is 11.9 Å². The Balaban J connectivity index is 1.71. The molecule has 0 aromatic heterocycles. The van der Waals surface area contributed by atoms with Crippen LogP contribution in [-0.4, -0.2) is 37.2 Å². The van der Waals surface area contributed by atoms with Gasteiger partial charge in [0.25, 0.3) is 0 Å². The van der Waals surface area contributed by atoms with Crippen molar-refractivity contribution in [2.24, 2.45) is 5.92 Å². The molecule has 104 valence electrons. The molecule has 0 aromatic carbocycles. The minimum Gasteiger partial charge on any atom is -0.381 e. The fourth-order valence-corrected chi connectivity index (χ4v) is 2.95. The van der Waals surface area contributed by atoms with E-state index in [9.17, 15) is 4.79 Å². The summed E-state index contributed by atoms with van der Waals surface area (Å²) in [5.41, 5.74) is 0. The molecule has 1 saturated heterocycles. The van der Waals surface area contributed by atoms with Crippen molar-refractivity contribution >= 4 is 5.91 Å². The highest BCUT2D eigenvalue weighted by Crippen LogP contribution is 2.18. The Labute approximate surface area is 110 Å². The van der Waals surface area contributed by atoms with Gasteiger partial charge in [0.15, 0.2) is 0 Å². The largest absolute Gasteiger partial charge is 0.381 e. The van der Waals surface area contributed by atoms with Crippen molar-refractivity contribution in [2.75, 3.05) is 13.2 Å². The summed E-state index contributed by atoms with van der Waals surface area (Å²) in [6, 6.07) is 0.643. The lowest BCUT2D eigenvalue weighted by Gasteiger charge is -2.24. The predicted molar refractivity (Wildman–Crippen MR) is 71.4 cm³/mol. The standard InChI is InChI=1S/C14H26N2O2/c1-10(12-7-8-18-9-12)15-11(2)14(17)16-13-5-3-4-6-13/h10-13,15H,3-9H2,1-2H3,(H,16,17). The number of hydrogen-bond acceptors (Lipinski definition) is 3. The van der Waals surface area contributed by atoms with E-state index < -0.39 is 0 Å². The minimum absolute atomic E-state index is 0.110. The van der Waals surface area contributed by atoms with Crippen molar-refractivity contribution < 1.29 is 9.53 Å². The van der Waals surface area contributed by atoms with E-state index in [0.29, 0.717) is 18.0 Å². The molecule has 2 fully saturated rings. The molecule has 0 aromatic rings. The van der Waals surface area contributed by atoms with Crippen LogP contribution < -0.4 is 10.6 Å². The lowest BCUT2D eigenvalue weighted by molar-refractivity contribution is -0.123. The van der Waals surface area contributed by atoms with E-state index in [1.54, 1.807) is 0 Å². The van der Waals surface area contributed by atoms with Gasteiger partial charge >= 0.3 is 0 Å². The van der Waals surface area contributed by atoms with Crippen LogP contribution in [0, 0.1) is 5.92 Å². The molecular formula is C14H26N2O2. The van der Waals surface area contributed by atoms with E-state index in [4.69, 9.17) is 4.74 Å². The average Bonchev–Trinajstić information content (AvgIpc) is 3.01. The molecule has 0 radical (unpaired) electrons. The van der Waals surface area contributed by atoms with Gasteiger partial charge in [-0.15, -0.1) is 0 Å². The number of hydrogen-bond donors (Lipinski definition) is 2. The van der Waals surface area contributed by atoms with Gasteiger partial charge in [-0.25, -0.2) is 0 Å². The van der Waals surface area contributed by atoms with Gasteiger partial charge in [0.1, 0.15) is 0 Å². The Kier molecular flexibility index (Phi) is 5.01. The van der Waals surface area contributed by atoms with Crippen molar-refractivity contribution in [3.8, 4) is 0 Å². The molecule has 4 nitrogen and oxygen atoms in total. The van der Waals surface area contributed by atoms with Crippen LogP contribution in [0.4, 0.5) is 0 Å². The van der Waals surface area contributed by atoms with Gasteiger partial charge < -0.3 is 15.4 Å². The first kappa shape index (κ1) is 13.8. The molecule has 1 amide bonds. The Hall–Kier alpha value is -0.610. The normalized spacial score (nSPS) is 28.2. The zero-order valence-electron chi connectivity index (χ0n) is 11.6. The average molecular weight is 254 g/mol. The summed E-state index contributed by atoms with van der Waals surface area (Å²) in [6.07, 6.45) is 5.89. The molecule has 1 saturated carbocycles. The predicted octanol–water partition coefficient (Wildman–Crippen LogP) is 1.45. The lowest BCUT2D eigenvalue weighted by atomic mass is 10.00. The molecule has 2 N–H and O–H groups in total. The molecule has 3 unspecified atom stereocenters. The van der Waals surface area contributed by atoms with Crippen molar-refractivity contribution in [3.05, 3.63) is 0 Å². The molecule has 18 heavy (non-hydrogen) atoms. The fraction of sp³-hybridized carbons (Fsp3) is 0.929. The number of carbonyl (C=O) groups is 1. The van der Waals surface area contributed by atoms with Crippen molar-refractivity contribution in [3.63, 3.8) is 0 Å². The second kappa shape index (κ2) is 6.53. The first-order valence-corrected chi connectivity index (χ1v) is 7.31. The first-order chi connectivity index (χ1) is 8.66. The first-order valence-electron chi connectivity index (χ1n) is 7.31. The zero-order valence-corrected chi connectivity index (χ0v) is 11.6. The Morgan fingerprint density at radius 3 is 2.56 bits per heavy atom. The smallest absolute Gasteiger partial charge is 0.237 e. The summed E-state index contributed by atoms with van der Waals surface area (Å²) in [5, 5.41) is 6.55. The van der Waals surface area contributed by atoms with Crippen LogP contribution in [0.2, 0.25) is 0 Å². The number of carbonyl (C=O) groups excluding carboxylic acids is 1. The van der Waals surface area contributed by atoms with Crippen LogP contribution in [0.25, 0.3) is 0 Å². The highest BCUT2D eigenvalue weighted by Gasteiger charge is 2.26. The summed E-state index contributed by atoms with van der Waals surface area (Å²) in [5.74, 6) is 0.694. The molecule has 1 aliphatic carbocycles. The molecule has 0 spiro atoms. The SMILES string of the molecule is CC(NC(C)C1CCOC1)C(=O)NC1CCCC1. The third-order valence-electron chi connectivity index (χ3n) is 4.28. The van der Waals surface area contributed by atoms with Gasteiger partial charge in [-0.1, -0.05) is 12.8 Å². The summed E-state index contributed by atoms with van der Waals surface area (Å²) < 4.78 is 5.39. The maximum atomic E-state index is 12.0. The van der Waals surface area contributed by atoms with Crippen molar-refractivity contribution in [2.45, 2.75) is 64.1 Å². The van der Waals surface area contributed by atoms with E-state index >= 15 is 0 Å². The van der Waals surface area contributed by atoms with Crippen LogP contribution >= 0.6 is 0 Å². The van der Waals surface area contributed by atoms with E-state index in [0.717, 1.165) is 32.5 Å². The Morgan fingerprint density at radius 2 is 1.94 bits per heavy atom. The minimum atomic E-state index is -0.110. The van der Waals surface area contributed by atoms with Gasteiger partial charge in [-0.05, 0) is 39.0 Å². The van der Waals surface area contributed by atoms with Crippen molar-refractivity contribution in [1.82, 2.24) is 10.6 Å². The number of amides is 1. The van der Waals surface area contributed by atoms with Crippen molar-refractivity contribution in [1.29, 1.82) is 0 Å². The van der Waals surface area contributed by atoms with Gasteiger partial charge in [-0.3, -0.25) is 4.79 Å². The molecule has 1 aliphatic heterocycles. The van der Waals surface area contributed by atoms with Gasteiger partial charge in [0.05, 0.1) is 12.6 Å². The fourth-order valence-electron chi connectivity index (χ4n) is 2.95. The highest BCUT2D eigenvalue weighted by atomic mass is 16.5. The Bertz CT molecular complexity index is 271. The maximum absolute atomic E-state index is 12.0. The molecule has 2 aliphatic rings. The maximum Gasteiger partial charge on any atom is 0.237 e. The molecule has 4 heteroatoms. The van der Waals surface area contributed by atoms with Crippen LogP contribution in [0.15, 0.2) is 0 Å². The number of rotatable bonds is 5. The van der Waals surface area contributed by atoms with Crippen LogP contribution in [0.5, 0.6) is 0 Å². The van der Waals surface area contributed by atoms with Gasteiger partial charge in [-0.2, -0.15) is 0 Å². The number of ether oxygens (including phenoxy) is 1. The summed E-state index contributed by atoms with van der Waals surface area (Å²) >= 11 is 0. The van der Waals surface area contributed by atoms with E-state index in [2.05, 4.69) is 17.6 Å². The zero-order chi connectivity index (χ0) is 13.0. The molecular weight excluding hydrogens is 228 g/mol. The van der Waals surface area contributed by atoms with E-state index in [1.165, 1.54) is 12.8 Å². The topological polar surface area (TPSA) is 50.4 Å².